The van der Waals surface area contributed by atoms with E-state index in [9.17, 15) is 9.90 Å². The topological polar surface area (TPSA) is 65.0 Å². The Hall–Kier alpha value is -1.63. The van der Waals surface area contributed by atoms with Gasteiger partial charge in [0, 0.05) is 51.8 Å². The summed E-state index contributed by atoms with van der Waals surface area (Å²) in [5.41, 5.74) is 1.09. The van der Waals surface area contributed by atoms with Gasteiger partial charge in [-0.2, -0.15) is 0 Å². The number of rotatable bonds is 5. The summed E-state index contributed by atoms with van der Waals surface area (Å²) >= 11 is 0. The third kappa shape index (κ3) is 5.42. The molecular formula is C19H29N3O3. The summed E-state index contributed by atoms with van der Waals surface area (Å²) in [5, 5.41) is 12.6. The number of morpholine rings is 1. The largest absolute Gasteiger partial charge is 0.396 e. The van der Waals surface area contributed by atoms with E-state index in [4.69, 9.17) is 4.74 Å². The third-order valence-corrected chi connectivity index (χ3v) is 5.08. The van der Waals surface area contributed by atoms with Gasteiger partial charge in [0.05, 0.1) is 13.2 Å². The Bertz CT molecular complexity index is 534. The number of aliphatic hydroxyl groups is 1. The van der Waals surface area contributed by atoms with Crippen LogP contribution in [0, 0.1) is 11.8 Å². The van der Waals surface area contributed by atoms with Gasteiger partial charge in [0.2, 0.25) is 0 Å². The zero-order chi connectivity index (χ0) is 17.5. The van der Waals surface area contributed by atoms with E-state index < -0.39 is 0 Å². The Balaban J connectivity index is 1.52. The molecule has 0 unspecified atom stereocenters. The van der Waals surface area contributed by atoms with E-state index in [2.05, 4.69) is 10.2 Å². The van der Waals surface area contributed by atoms with Crippen molar-refractivity contribution in [3.8, 4) is 0 Å². The fourth-order valence-corrected chi connectivity index (χ4v) is 3.78. The number of benzene rings is 1. The van der Waals surface area contributed by atoms with Crippen LogP contribution in [-0.2, 0) is 11.3 Å². The molecule has 2 aliphatic heterocycles. The highest BCUT2D eigenvalue weighted by atomic mass is 16.5. The van der Waals surface area contributed by atoms with Gasteiger partial charge in [-0.3, -0.25) is 4.90 Å². The highest BCUT2D eigenvalue weighted by molar-refractivity contribution is 5.74. The Morgan fingerprint density at radius 3 is 2.60 bits per heavy atom. The van der Waals surface area contributed by atoms with E-state index in [-0.39, 0.29) is 18.6 Å². The summed E-state index contributed by atoms with van der Waals surface area (Å²) < 4.78 is 5.41. The summed E-state index contributed by atoms with van der Waals surface area (Å²) in [6.07, 6.45) is 0.982. The van der Waals surface area contributed by atoms with Crippen LogP contribution in [0.5, 0.6) is 0 Å². The van der Waals surface area contributed by atoms with Gasteiger partial charge in [0.25, 0.3) is 0 Å². The number of carbonyl (C=O) groups is 1. The summed E-state index contributed by atoms with van der Waals surface area (Å²) in [5.74, 6) is 0.578. The molecule has 0 aromatic heterocycles. The van der Waals surface area contributed by atoms with Crippen LogP contribution in [0.2, 0.25) is 0 Å². The number of piperidine rings is 1. The fourth-order valence-electron chi connectivity index (χ4n) is 3.78. The lowest BCUT2D eigenvalue weighted by Gasteiger charge is -2.39. The average molecular weight is 347 g/mol. The molecule has 0 aliphatic carbocycles. The maximum absolute atomic E-state index is 12.6. The SMILES string of the molecule is O=C(NCc1ccccc1)N1C[C@H](CO)C[C@H](CN2CCOCC2)C1. The zero-order valence-corrected chi connectivity index (χ0v) is 14.8. The molecule has 2 aliphatic rings. The summed E-state index contributed by atoms with van der Waals surface area (Å²) in [6, 6.07) is 9.90. The second-order valence-corrected chi connectivity index (χ2v) is 7.11. The Morgan fingerprint density at radius 1 is 1.16 bits per heavy atom. The van der Waals surface area contributed by atoms with Crippen LogP contribution >= 0.6 is 0 Å². The molecule has 1 aromatic rings. The highest BCUT2D eigenvalue weighted by Gasteiger charge is 2.31. The predicted molar refractivity (Wildman–Crippen MR) is 96.2 cm³/mol. The summed E-state index contributed by atoms with van der Waals surface area (Å²) in [6.45, 7) is 6.54. The Kier molecular flexibility index (Phi) is 6.67. The van der Waals surface area contributed by atoms with Crippen molar-refractivity contribution in [2.75, 3.05) is 52.5 Å². The molecule has 0 saturated carbocycles. The minimum atomic E-state index is -0.0334. The number of hydrogen-bond donors (Lipinski definition) is 2. The van der Waals surface area contributed by atoms with Crippen molar-refractivity contribution in [3.63, 3.8) is 0 Å². The second-order valence-electron chi connectivity index (χ2n) is 7.11. The Labute approximate surface area is 149 Å². The third-order valence-electron chi connectivity index (χ3n) is 5.08. The van der Waals surface area contributed by atoms with Crippen LogP contribution in [0.3, 0.4) is 0 Å². The quantitative estimate of drug-likeness (QED) is 0.839. The molecule has 2 heterocycles. The van der Waals surface area contributed by atoms with Gasteiger partial charge in [0.1, 0.15) is 0 Å². The fraction of sp³-hybridized carbons (Fsp3) is 0.632. The lowest BCUT2D eigenvalue weighted by atomic mass is 9.89. The van der Waals surface area contributed by atoms with Crippen molar-refractivity contribution in [1.29, 1.82) is 0 Å². The molecule has 138 valence electrons. The van der Waals surface area contributed by atoms with Gasteiger partial charge in [0.15, 0.2) is 0 Å². The van der Waals surface area contributed by atoms with E-state index in [0.29, 0.717) is 19.0 Å². The first-order valence-electron chi connectivity index (χ1n) is 9.22. The van der Waals surface area contributed by atoms with Crippen molar-refractivity contribution < 1.29 is 14.6 Å². The van der Waals surface area contributed by atoms with Gasteiger partial charge in [-0.15, -0.1) is 0 Å². The number of ether oxygens (including phenoxy) is 1. The lowest BCUT2D eigenvalue weighted by Crippen LogP contribution is -2.51. The smallest absolute Gasteiger partial charge is 0.317 e. The number of nitrogens with one attached hydrogen (secondary N) is 1. The van der Waals surface area contributed by atoms with E-state index >= 15 is 0 Å². The standard InChI is InChI=1S/C19H29N3O3/c23-15-18-10-17(12-21-6-8-25-9-7-21)13-22(14-18)19(24)20-11-16-4-2-1-3-5-16/h1-5,17-18,23H,6-15H2,(H,20,24)/t17-,18-/m1/s1. The molecule has 2 N–H and O–H groups in total. The second kappa shape index (κ2) is 9.17. The van der Waals surface area contributed by atoms with Crippen LogP contribution in [0.15, 0.2) is 30.3 Å². The van der Waals surface area contributed by atoms with E-state index in [1.54, 1.807) is 0 Å². The molecule has 1 aromatic carbocycles. The van der Waals surface area contributed by atoms with Crippen molar-refractivity contribution in [1.82, 2.24) is 15.1 Å². The first-order valence-corrected chi connectivity index (χ1v) is 9.22. The van der Waals surface area contributed by atoms with Crippen LogP contribution < -0.4 is 5.32 Å². The minimum Gasteiger partial charge on any atom is -0.396 e. The number of aliphatic hydroxyl groups excluding tert-OH is 1. The molecule has 2 atom stereocenters. The molecular weight excluding hydrogens is 318 g/mol. The molecule has 2 saturated heterocycles. The van der Waals surface area contributed by atoms with Gasteiger partial charge in [-0.05, 0) is 17.9 Å². The molecule has 6 nitrogen and oxygen atoms in total. The molecule has 2 fully saturated rings. The van der Waals surface area contributed by atoms with Crippen LogP contribution in [0.1, 0.15) is 12.0 Å². The number of urea groups is 1. The predicted octanol–water partition coefficient (Wildman–Crippen LogP) is 1.16. The molecule has 3 rings (SSSR count). The molecule has 0 spiro atoms. The van der Waals surface area contributed by atoms with Crippen molar-refractivity contribution in [2.24, 2.45) is 11.8 Å². The maximum atomic E-state index is 12.6. The Morgan fingerprint density at radius 2 is 1.88 bits per heavy atom. The van der Waals surface area contributed by atoms with Crippen LogP contribution in [0.4, 0.5) is 4.79 Å². The summed E-state index contributed by atoms with van der Waals surface area (Å²) in [4.78, 5) is 16.9. The maximum Gasteiger partial charge on any atom is 0.317 e. The van der Waals surface area contributed by atoms with Crippen LogP contribution in [0.25, 0.3) is 0 Å². The number of carbonyl (C=O) groups excluding carboxylic acids is 1. The van der Waals surface area contributed by atoms with Gasteiger partial charge in [-0.1, -0.05) is 30.3 Å². The molecule has 6 heteroatoms. The van der Waals surface area contributed by atoms with Crippen molar-refractivity contribution in [2.45, 2.75) is 13.0 Å². The first-order chi connectivity index (χ1) is 12.2. The van der Waals surface area contributed by atoms with E-state index in [1.807, 2.05) is 35.2 Å². The lowest BCUT2D eigenvalue weighted by molar-refractivity contribution is 0.0174. The highest BCUT2D eigenvalue weighted by Crippen LogP contribution is 2.23. The number of amides is 2. The zero-order valence-electron chi connectivity index (χ0n) is 14.8. The first kappa shape index (κ1) is 18.2. The van der Waals surface area contributed by atoms with Crippen LogP contribution in [-0.4, -0.2) is 73.5 Å². The van der Waals surface area contributed by atoms with Crippen molar-refractivity contribution in [3.05, 3.63) is 35.9 Å². The summed E-state index contributed by atoms with van der Waals surface area (Å²) in [7, 11) is 0. The molecule has 0 bridgehead atoms. The molecule has 0 radical (unpaired) electrons. The van der Waals surface area contributed by atoms with Gasteiger partial charge in [-0.25, -0.2) is 4.79 Å². The number of hydrogen-bond acceptors (Lipinski definition) is 4. The van der Waals surface area contributed by atoms with E-state index in [1.165, 1.54) is 0 Å². The molecule has 25 heavy (non-hydrogen) atoms. The van der Waals surface area contributed by atoms with Gasteiger partial charge < -0.3 is 20.1 Å². The number of nitrogens with zero attached hydrogens (tertiary/aromatic N) is 2. The monoisotopic (exact) mass is 347 g/mol. The normalized spacial score (nSPS) is 24.9. The minimum absolute atomic E-state index is 0.0334. The average Bonchev–Trinajstić information content (AvgIpc) is 2.67. The van der Waals surface area contributed by atoms with Gasteiger partial charge >= 0.3 is 6.03 Å². The van der Waals surface area contributed by atoms with Crippen molar-refractivity contribution >= 4 is 6.03 Å². The molecule has 2 amide bonds. The van der Waals surface area contributed by atoms with E-state index in [0.717, 1.165) is 51.4 Å². The number of likely N-dealkylation sites (tertiary alicyclic amines) is 1.